The molecule has 0 spiro atoms. The maximum absolute atomic E-state index is 12.2. The summed E-state index contributed by atoms with van der Waals surface area (Å²) in [6, 6.07) is 2.93. The maximum atomic E-state index is 12.2. The number of piperidine rings is 2. The number of hydrogen-bond donors (Lipinski definition) is 2. The van der Waals surface area contributed by atoms with Crippen LogP contribution in [0.5, 0.6) is 0 Å². The molecule has 2 unspecified atom stereocenters. The first-order valence-electron chi connectivity index (χ1n) is 10.0. The Morgan fingerprint density at radius 1 is 1.32 bits per heavy atom. The van der Waals surface area contributed by atoms with E-state index < -0.39 is 0 Å². The lowest BCUT2D eigenvalue weighted by molar-refractivity contribution is 0.0945. The van der Waals surface area contributed by atoms with E-state index in [-0.39, 0.29) is 5.91 Å². The van der Waals surface area contributed by atoms with Gasteiger partial charge in [-0.25, -0.2) is 0 Å². The Labute approximate surface area is 151 Å². The molecule has 1 aromatic heterocycles. The fourth-order valence-corrected chi connectivity index (χ4v) is 3.94. The number of carbonyl (C=O) groups excluding carboxylic acids is 1. The lowest BCUT2D eigenvalue weighted by Gasteiger charge is -2.33. The van der Waals surface area contributed by atoms with E-state index in [1.165, 1.54) is 32.2 Å². The summed E-state index contributed by atoms with van der Waals surface area (Å²) >= 11 is 0. The van der Waals surface area contributed by atoms with Crippen LogP contribution in [0.4, 0.5) is 0 Å². The van der Waals surface area contributed by atoms with Gasteiger partial charge in [0, 0.05) is 25.3 Å². The van der Waals surface area contributed by atoms with Crippen molar-refractivity contribution in [1.82, 2.24) is 25.3 Å². The van der Waals surface area contributed by atoms with Gasteiger partial charge in [0.2, 0.25) is 0 Å². The largest absolute Gasteiger partial charge is 0.351 e. The highest BCUT2D eigenvalue weighted by Crippen LogP contribution is 2.17. The molecule has 2 N–H and O–H groups in total. The molecular weight excluding hydrogens is 314 g/mol. The minimum absolute atomic E-state index is 0.0474. The smallest absolute Gasteiger partial charge is 0.271 e. The summed E-state index contributed by atoms with van der Waals surface area (Å²) in [5, 5.41) is 10.9. The Bertz CT molecular complexity index is 538. The molecule has 2 aliphatic heterocycles. The van der Waals surface area contributed by atoms with E-state index in [0.717, 1.165) is 51.5 Å². The van der Waals surface area contributed by atoms with Crippen molar-refractivity contribution in [3.63, 3.8) is 0 Å². The van der Waals surface area contributed by atoms with Crippen molar-refractivity contribution >= 4 is 5.91 Å². The molecule has 0 radical (unpaired) electrons. The number of carbonyl (C=O) groups is 1. The molecule has 0 aliphatic carbocycles. The molecule has 140 valence electrons. The molecule has 1 aromatic rings. The molecular formula is C19H33N5O. The lowest BCUT2D eigenvalue weighted by Crippen LogP contribution is -2.38. The first-order chi connectivity index (χ1) is 12.2. The summed E-state index contributed by atoms with van der Waals surface area (Å²) in [5.74, 6) is -0.0474. The number of aromatic nitrogens is 2. The molecule has 0 bridgehead atoms. The van der Waals surface area contributed by atoms with Crippen molar-refractivity contribution in [2.24, 2.45) is 0 Å². The molecule has 25 heavy (non-hydrogen) atoms. The number of amides is 1. The first-order valence-corrected chi connectivity index (χ1v) is 10.0. The predicted octanol–water partition coefficient (Wildman–Crippen LogP) is 2.19. The highest BCUT2D eigenvalue weighted by atomic mass is 16.1. The van der Waals surface area contributed by atoms with Gasteiger partial charge in [0.05, 0.1) is 6.04 Å². The van der Waals surface area contributed by atoms with E-state index in [0.29, 0.717) is 11.7 Å². The van der Waals surface area contributed by atoms with Crippen molar-refractivity contribution in [2.75, 3.05) is 32.7 Å². The van der Waals surface area contributed by atoms with E-state index >= 15 is 0 Å². The molecule has 1 amide bonds. The fourth-order valence-electron chi connectivity index (χ4n) is 3.94. The van der Waals surface area contributed by atoms with Gasteiger partial charge in [-0.2, -0.15) is 5.10 Å². The molecule has 2 aliphatic rings. The van der Waals surface area contributed by atoms with E-state index in [2.05, 4.69) is 27.6 Å². The number of nitrogens with zero attached hydrogens (tertiary/aromatic N) is 3. The number of rotatable bonds is 7. The van der Waals surface area contributed by atoms with Crippen LogP contribution in [0, 0.1) is 0 Å². The third-order valence-corrected chi connectivity index (χ3v) is 5.58. The number of likely N-dealkylation sites (tertiary alicyclic amines) is 1. The van der Waals surface area contributed by atoms with Crippen LogP contribution in [-0.4, -0.2) is 59.4 Å². The zero-order valence-electron chi connectivity index (χ0n) is 15.5. The van der Waals surface area contributed by atoms with E-state index in [1.54, 1.807) is 0 Å². The minimum Gasteiger partial charge on any atom is -0.351 e. The topological polar surface area (TPSA) is 62.2 Å². The minimum atomic E-state index is -0.0474. The Morgan fingerprint density at radius 3 is 3.04 bits per heavy atom. The molecule has 6 nitrogen and oxygen atoms in total. The predicted molar refractivity (Wildman–Crippen MR) is 99.8 cm³/mol. The van der Waals surface area contributed by atoms with Gasteiger partial charge in [0.25, 0.3) is 5.91 Å². The van der Waals surface area contributed by atoms with Crippen molar-refractivity contribution in [1.29, 1.82) is 0 Å². The van der Waals surface area contributed by atoms with E-state index in [4.69, 9.17) is 0 Å². The Balaban J connectivity index is 1.34. The van der Waals surface area contributed by atoms with Gasteiger partial charge in [-0.05, 0) is 71.1 Å². The van der Waals surface area contributed by atoms with Crippen molar-refractivity contribution in [2.45, 2.75) is 64.0 Å². The fraction of sp³-hybridized carbons (Fsp3) is 0.789. The van der Waals surface area contributed by atoms with Crippen LogP contribution in [0.1, 0.15) is 68.4 Å². The van der Waals surface area contributed by atoms with Gasteiger partial charge in [-0.1, -0.05) is 6.42 Å². The van der Waals surface area contributed by atoms with Crippen LogP contribution in [0.2, 0.25) is 0 Å². The van der Waals surface area contributed by atoms with Crippen LogP contribution >= 0.6 is 0 Å². The molecule has 2 fully saturated rings. The third-order valence-electron chi connectivity index (χ3n) is 5.58. The van der Waals surface area contributed by atoms with Gasteiger partial charge in [0.15, 0.2) is 0 Å². The summed E-state index contributed by atoms with van der Waals surface area (Å²) < 4.78 is 1.94. The zero-order valence-corrected chi connectivity index (χ0v) is 15.5. The summed E-state index contributed by atoms with van der Waals surface area (Å²) in [7, 11) is 0. The summed E-state index contributed by atoms with van der Waals surface area (Å²) in [5.41, 5.74) is 0.537. The lowest BCUT2D eigenvalue weighted by atomic mass is 10.0. The van der Waals surface area contributed by atoms with Gasteiger partial charge >= 0.3 is 0 Å². The van der Waals surface area contributed by atoms with Crippen molar-refractivity contribution in [3.05, 3.63) is 18.0 Å². The monoisotopic (exact) mass is 347 g/mol. The number of nitrogens with one attached hydrogen (secondary N) is 2. The average Bonchev–Trinajstić information content (AvgIpc) is 3.14. The maximum Gasteiger partial charge on any atom is 0.271 e. The molecule has 2 saturated heterocycles. The standard InChI is InChI=1S/C19H33N5O/c1-16-7-2-4-12-23(16)13-5-3-11-21-19(25)18-9-14-24(22-18)17-8-6-10-20-15-17/h9,14,16-17,20H,2-8,10-13,15H2,1H3,(H,21,25). The summed E-state index contributed by atoms with van der Waals surface area (Å²) in [6.07, 6.45) is 10.4. The summed E-state index contributed by atoms with van der Waals surface area (Å²) in [4.78, 5) is 14.8. The zero-order chi connectivity index (χ0) is 17.5. The van der Waals surface area contributed by atoms with E-state index in [9.17, 15) is 4.79 Å². The van der Waals surface area contributed by atoms with Crippen LogP contribution < -0.4 is 10.6 Å². The quantitative estimate of drug-likeness (QED) is 0.742. The number of hydrogen-bond acceptors (Lipinski definition) is 4. The van der Waals surface area contributed by atoms with Gasteiger partial charge in [-0.3, -0.25) is 9.48 Å². The second-order valence-electron chi connectivity index (χ2n) is 7.52. The van der Waals surface area contributed by atoms with Crippen LogP contribution in [0.15, 0.2) is 12.3 Å². The molecule has 3 rings (SSSR count). The highest BCUT2D eigenvalue weighted by molar-refractivity contribution is 5.92. The second-order valence-corrected chi connectivity index (χ2v) is 7.52. The molecule has 6 heteroatoms. The van der Waals surface area contributed by atoms with E-state index in [1.807, 2.05) is 16.9 Å². The van der Waals surface area contributed by atoms with Gasteiger partial charge in [0.1, 0.15) is 5.69 Å². The van der Waals surface area contributed by atoms with Crippen LogP contribution in [0.3, 0.4) is 0 Å². The normalized spacial score (nSPS) is 25.0. The Hall–Kier alpha value is -1.40. The first kappa shape index (κ1) is 18.4. The molecule has 0 saturated carbocycles. The highest BCUT2D eigenvalue weighted by Gasteiger charge is 2.18. The van der Waals surface area contributed by atoms with Crippen LogP contribution in [-0.2, 0) is 0 Å². The second kappa shape index (κ2) is 9.34. The Kier molecular flexibility index (Phi) is 6.87. The Morgan fingerprint density at radius 2 is 2.24 bits per heavy atom. The van der Waals surface area contributed by atoms with Crippen LogP contribution in [0.25, 0.3) is 0 Å². The number of unbranched alkanes of at least 4 members (excludes halogenated alkanes) is 1. The molecule has 2 atom stereocenters. The average molecular weight is 348 g/mol. The summed E-state index contributed by atoms with van der Waals surface area (Å²) in [6.45, 7) is 7.48. The third kappa shape index (κ3) is 5.28. The van der Waals surface area contributed by atoms with Crippen molar-refractivity contribution < 1.29 is 4.79 Å². The van der Waals surface area contributed by atoms with Gasteiger partial charge in [-0.15, -0.1) is 0 Å². The molecule has 0 aromatic carbocycles. The SMILES string of the molecule is CC1CCCCN1CCCCNC(=O)c1ccn(C2CCCNC2)n1. The van der Waals surface area contributed by atoms with Crippen molar-refractivity contribution in [3.8, 4) is 0 Å². The van der Waals surface area contributed by atoms with Gasteiger partial charge < -0.3 is 15.5 Å². The molecule has 3 heterocycles.